The predicted molar refractivity (Wildman–Crippen MR) is 44.5 cm³/mol. The van der Waals surface area contributed by atoms with Gasteiger partial charge in [-0.1, -0.05) is 0 Å². The number of rotatable bonds is 2. The van der Waals surface area contributed by atoms with Crippen molar-refractivity contribution in [1.82, 2.24) is 5.32 Å². The van der Waals surface area contributed by atoms with Crippen molar-refractivity contribution in [3.05, 3.63) is 0 Å². The van der Waals surface area contributed by atoms with Gasteiger partial charge in [0.2, 0.25) is 0 Å². The summed E-state index contributed by atoms with van der Waals surface area (Å²) in [6.07, 6.45) is 5.46. The van der Waals surface area contributed by atoms with Crippen molar-refractivity contribution < 1.29 is 4.74 Å². The second-order valence-corrected chi connectivity index (χ2v) is 3.93. The summed E-state index contributed by atoms with van der Waals surface area (Å²) in [4.78, 5) is 0. The van der Waals surface area contributed by atoms with Gasteiger partial charge < -0.3 is 10.1 Å². The maximum atomic E-state index is 5.18. The first kappa shape index (κ1) is 7.56. The standard InChI is InChI=1S/C9H17NO/c1-11-6-7-4-8-2-3-9(5-7)10-8/h7-10H,2-6H2,1H3. The summed E-state index contributed by atoms with van der Waals surface area (Å²) in [6.45, 7) is 0.967. The molecule has 1 N–H and O–H groups in total. The van der Waals surface area contributed by atoms with Gasteiger partial charge in [0.15, 0.2) is 0 Å². The Hall–Kier alpha value is -0.0800. The molecular weight excluding hydrogens is 138 g/mol. The molecule has 64 valence electrons. The zero-order valence-electron chi connectivity index (χ0n) is 7.18. The molecule has 2 nitrogen and oxygen atoms in total. The quantitative estimate of drug-likeness (QED) is 0.646. The molecule has 2 fully saturated rings. The second-order valence-electron chi connectivity index (χ2n) is 3.93. The average Bonchev–Trinajstić information content (AvgIpc) is 2.32. The van der Waals surface area contributed by atoms with Crippen LogP contribution in [0.2, 0.25) is 0 Å². The molecule has 2 aliphatic rings. The van der Waals surface area contributed by atoms with Crippen molar-refractivity contribution in [2.75, 3.05) is 13.7 Å². The minimum atomic E-state index is 0.814. The zero-order chi connectivity index (χ0) is 7.68. The van der Waals surface area contributed by atoms with Crippen LogP contribution in [0, 0.1) is 5.92 Å². The Kier molecular flexibility index (Phi) is 2.14. The zero-order valence-corrected chi connectivity index (χ0v) is 7.18. The van der Waals surface area contributed by atoms with Gasteiger partial charge in [-0.15, -0.1) is 0 Å². The number of piperidine rings is 1. The predicted octanol–water partition coefficient (Wildman–Crippen LogP) is 1.16. The van der Waals surface area contributed by atoms with Crippen molar-refractivity contribution >= 4 is 0 Å². The Balaban J connectivity index is 1.87. The van der Waals surface area contributed by atoms with Crippen LogP contribution < -0.4 is 5.32 Å². The second kappa shape index (κ2) is 3.11. The Morgan fingerprint density at radius 1 is 1.27 bits per heavy atom. The highest BCUT2D eigenvalue weighted by atomic mass is 16.5. The number of nitrogens with one attached hydrogen (secondary N) is 1. The molecule has 2 atom stereocenters. The fraction of sp³-hybridized carbons (Fsp3) is 1.00. The molecule has 11 heavy (non-hydrogen) atoms. The molecule has 0 aromatic carbocycles. The number of ether oxygens (including phenoxy) is 1. The largest absolute Gasteiger partial charge is 0.384 e. The van der Waals surface area contributed by atoms with Crippen LogP contribution in [-0.2, 0) is 4.74 Å². The third kappa shape index (κ3) is 1.57. The van der Waals surface area contributed by atoms with Gasteiger partial charge in [-0.05, 0) is 31.6 Å². The minimum absolute atomic E-state index is 0.814. The number of fused-ring (bicyclic) bond motifs is 2. The van der Waals surface area contributed by atoms with Crippen LogP contribution in [0.5, 0.6) is 0 Å². The van der Waals surface area contributed by atoms with Crippen LogP contribution in [0.1, 0.15) is 25.7 Å². The molecule has 0 aliphatic carbocycles. The van der Waals surface area contributed by atoms with E-state index in [1.807, 2.05) is 7.11 Å². The van der Waals surface area contributed by atoms with E-state index in [0.29, 0.717) is 0 Å². The molecule has 2 saturated heterocycles. The molecule has 2 heteroatoms. The third-order valence-corrected chi connectivity index (χ3v) is 2.97. The van der Waals surface area contributed by atoms with E-state index in [1.165, 1.54) is 25.7 Å². The molecule has 0 spiro atoms. The normalized spacial score (nSPS) is 42.8. The Morgan fingerprint density at radius 2 is 1.91 bits per heavy atom. The molecule has 0 saturated carbocycles. The molecule has 0 amide bonds. The number of hydrogen-bond acceptors (Lipinski definition) is 2. The van der Waals surface area contributed by atoms with Crippen molar-refractivity contribution in [3.8, 4) is 0 Å². The lowest BCUT2D eigenvalue weighted by Crippen LogP contribution is -2.39. The fourth-order valence-corrected chi connectivity index (χ4v) is 2.55. The topological polar surface area (TPSA) is 21.3 Å². The summed E-state index contributed by atoms with van der Waals surface area (Å²) in [5, 5.41) is 3.62. The van der Waals surface area contributed by atoms with Gasteiger partial charge in [-0.2, -0.15) is 0 Å². The average molecular weight is 155 g/mol. The maximum Gasteiger partial charge on any atom is 0.0491 e. The Morgan fingerprint density at radius 3 is 2.45 bits per heavy atom. The van der Waals surface area contributed by atoms with E-state index in [4.69, 9.17) is 4.74 Å². The van der Waals surface area contributed by atoms with Crippen LogP contribution >= 0.6 is 0 Å². The molecule has 2 rings (SSSR count). The van der Waals surface area contributed by atoms with E-state index in [1.54, 1.807) is 0 Å². The van der Waals surface area contributed by atoms with E-state index >= 15 is 0 Å². The van der Waals surface area contributed by atoms with E-state index in [0.717, 1.165) is 24.6 Å². The fourth-order valence-electron chi connectivity index (χ4n) is 2.55. The Bertz CT molecular complexity index is 126. The first-order chi connectivity index (χ1) is 5.38. The van der Waals surface area contributed by atoms with Gasteiger partial charge in [0.25, 0.3) is 0 Å². The number of hydrogen-bond donors (Lipinski definition) is 1. The monoisotopic (exact) mass is 155 g/mol. The minimum Gasteiger partial charge on any atom is -0.384 e. The molecule has 2 heterocycles. The molecule has 2 aliphatic heterocycles. The van der Waals surface area contributed by atoms with Gasteiger partial charge in [0, 0.05) is 25.8 Å². The summed E-state index contributed by atoms with van der Waals surface area (Å²) in [5.41, 5.74) is 0. The van der Waals surface area contributed by atoms with Crippen LogP contribution in [0.25, 0.3) is 0 Å². The van der Waals surface area contributed by atoms with Crippen molar-refractivity contribution in [2.24, 2.45) is 5.92 Å². The first-order valence-corrected chi connectivity index (χ1v) is 4.63. The summed E-state index contributed by atoms with van der Waals surface area (Å²) >= 11 is 0. The first-order valence-electron chi connectivity index (χ1n) is 4.63. The lowest BCUT2D eigenvalue weighted by atomic mass is 9.93. The van der Waals surface area contributed by atoms with Gasteiger partial charge in [-0.25, -0.2) is 0 Å². The smallest absolute Gasteiger partial charge is 0.0491 e. The van der Waals surface area contributed by atoms with Gasteiger partial charge >= 0.3 is 0 Å². The molecule has 2 bridgehead atoms. The lowest BCUT2D eigenvalue weighted by molar-refractivity contribution is 0.122. The van der Waals surface area contributed by atoms with Crippen LogP contribution in [0.15, 0.2) is 0 Å². The highest BCUT2D eigenvalue weighted by molar-refractivity contribution is 4.91. The van der Waals surface area contributed by atoms with Gasteiger partial charge in [0.05, 0.1) is 0 Å². The van der Waals surface area contributed by atoms with Crippen LogP contribution in [0.4, 0.5) is 0 Å². The molecule has 0 radical (unpaired) electrons. The van der Waals surface area contributed by atoms with Crippen molar-refractivity contribution in [3.63, 3.8) is 0 Å². The highest BCUT2D eigenvalue weighted by Crippen LogP contribution is 2.30. The van der Waals surface area contributed by atoms with E-state index in [2.05, 4.69) is 5.32 Å². The van der Waals surface area contributed by atoms with E-state index < -0.39 is 0 Å². The lowest BCUT2D eigenvalue weighted by Gasteiger charge is -2.28. The Labute approximate surface area is 68.3 Å². The number of methoxy groups -OCH3 is 1. The SMILES string of the molecule is COCC1CC2CCC(C1)N2. The molecule has 0 aromatic heterocycles. The van der Waals surface area contributed by atoms with Crippen LogP contribution in [-0.4, -0.2) is 25.8 Å². The summed E-state index contributed by atoms with van der Waals surface area (Å²) < 4.78 is 5.18. The molecule has 0 aromatic rings. The highest BCUT2D eigenvalue weighted by Gasteiger charge is 2.32. The molecular formula is C9H17NO. The van der Waals surface area contributed by atoms with E-state index in [9.17, 15) is 0 Å². The van der Waals surface area contributed by atoms with Gasteiger partial charge in [-0.3, -0.25) is 0 Å². The molecule has 2 unspecified atom stereocenters. The summed E-state index contributed by atoms with van der Waals surface area (Å²) in [6, 6.07) is 1.63. The maximum absolute atomic E-state index is 5.18. The third-order valence-electron chi connectivity index (χ3n) is 2.97. The van der Waals surface area contributed by atoms with Crippen molar-refractivity contribution in [1.29, 1.82) is 0 Å². The van der Waals surface area contributed by atoms with E-state index in [-0.39, 0.29) is 0 Å². The summed E-state index contributed by atoms with van der Waals surface area (Å²) in [5.74, 6) is 0.832. The van der Waals surface area contributed by atoms with Crippen LogP contribution in [0.3, 0.4) is 0 Å². The van der Waals surface area contributed by atoms with Gasteiger partial charge in [0.1, 0.15) is 0 Å². The van der Waals surface area contributed by atoms with Crippen molar-refractivity contribution in [2.45, 2.75) is 37.8 Å². The summed E-state index contributed by atoms with van der Waals surface area (Å²) in [7, 11) is 1.81.